The third kappa shape index (κ3) is 1.32. The third-order valence-corrected chi connectivity index (χ3v) is 3.25. The van der Waals surface area contributed by atoms with Gasteiger partial charge in [-0.25, -0.2) is 0 Å². The zero-order chi connectivity index (χ0) is 12.9. The van der Waals surface area contributed by atoms with Crippen LogP contribution < -0.4 is 0 Å². The Labute approximate surface area is 102 Å². The lowest BCUT2D eigenvalue weighted by Gasteiger charge is -2.23. The van der Waals surface area contributed by atoms with Gasteiger partial charge in [0.2, 0.25) is 5.91 Å². The number of hydrogen-bond donors (Lipinski definition) is 1. The van der Waals surface area contributed by atoms with Crippen LogP contribution in [-0.4, -0.2) is 45.8 Å². The van der Waals surface area contributed by atoms with E-state index in [1.807, 2.05) is 0 Å². The first-order chi connectivity index (χ1) is 8.59. The fraction of sp³-hybridized carbons (Fsp3) is 0.250. The van der Waals surface area contributed by atoms with Crippen molar-refractivity contribution in [3.63, 3.8) is 0 Å². The van der Waals surface area contributed by atoms with Crippen molar-refractivity contribution >= 4 is 17.8 Å². The van der Waals surface area contributed by atoms with Crippen LogP contribution in [0.3, 0.4) is 0 Å². The minimum Gasteiger partial charge on any atom is -0.480 e. The molecule has 3 rings (SSSR count). The molecule has 2 heterocycles. The smallest absolute Gasteiger partial charge is 0.323 e. The highest BCUT2D eigenvalue weighted by atomic mass is 16.4. The molecule has 1 aromatic rings. The highest BCUT2D eigenvalue weighted by molar-refractivity contribution is 6.03. The summed E-state index contributed by atoms with van der Waals surface area (Å²) in [5, 5.41) is 8.83. The number of carboxylic acids is 1. The maximum Gasteiger partial charge on any atom is 0.323 e. The summed E-state index contributed by atoms with van der Waals surface area (Å²) in [6.45, 7) is -0.437. The van der Waals surface area contributed by atoms with Crippen LogP contribution in [0.5, 0.6) is 0 Å². The highest BCUT2D eigenvalue weighted by Gasteiger charge is 2.48. The van der Waals surface area contributed by atoms with E-state index < -0.39 is 12.1 Å². The van der Waals surface area contributed by atoms with Crippen molar-refractivity contribution in [1.82, 2.24) is 9.80 Å². The van der Waals surface area contributed by atoms with Gasteiger partial charge in [0, 0.05) is 11.1 Å². The number of fused-ring (bicyclic) bond motifs is 3. The first-order valence-corrected chi connectivity index (χ1v) is 5.51. The quantitative estimate of drug-likeness (QED) is 0.800. The monoisotopic (exact) mass is 246 g/mol. The van der Waals surface area contributed by atoms with E-state index in [1.54, 1.807) is 24.3 Å². The molecule has 0 bridgehead atoms. The summed E-state index contributed by atoms with van der Waals surface area (Å²) in [6, 6.07) is 6.98. The van der Waals surface area contributed by atoms with E-state index in [4.69, 9.17) is 5.11 Å². The molecule has 0 saturated carbocycles. The van der Waals surface area contributed by atoms with Crippen LogP contribution >= 0.6 is 0 Å². The standard InChI is InChI=1S/C12H10N2O4/c15-9-5-14-11(13(9)6-10(16)17)7-3-1-2-4-8(7)12(14)18/h1-4,11H,5-6H2,(H,16,17)/t11-/m0/s1. The van der Waals surface area contributed by atoms with Crippen LogP contribution in [0.2, 0.25) is 0 Å². The van der Waals surface area contributed by atoms with Gasteiger partial charge in [-0.2, -0.15) is 0 Å². The number of hydrogen-bond acceptors (Lipinski definition) is 3. The summed E-state index contributed by atoms with van der Waals surface area (Å²) in [5.74, 6) is -1.62. The van der Waals surface area contributed by atoms with Gasteiger partial charge in [-0.05, 0) is 6.07 Å². The van der Waals surface area contributed by atoms with Crippen LogP contribution in [0.1, 0.15) is 22.1 Å². The van der Waals surface area contributed by atoms with Gasteiger partial charge in [-0.3, -0.25) is 14.4 Å². The van der Waals surface area contributed by atoms with Crippen molar-refractivity contribution < 1.29 is 19.5 Å². The third-order valence-electron chi connectivity index (χ3n) is 3.25. The average molecular weight is 246 g/mol. The molecule has 2 amide bonds. The molecule has 6 nitrogen and oxygen atoms in total. The molecule has 0 spiro atoms. The maximum atomic E-state index is 12.1. The molecule has 0 aliphatic carbocycles. The molecule has 0 aromatic heterocycles. The Morgan fingerprint density at radius 1 is 1.33 bits per heavy atom. The fourth-order valence-electron chi connectivity index (χ4n) is 2.54. The number of nitrogens with zero attached hydrogens (tertiary/aromatic N) is 2. The van der Waals surface area contributed by atoms with Gasteiger partial charge in [0.05, 0.1) is 0 Å². The van der Waals surface area contributed by atoms with Crippen LogP contribution in [0.15, 0.2) is 24.3 Å². The Balaban J connectivity index is 2.05. The minimum atomic E-state index is -1.08. The van der Waals surface area contributed by atoms with Crippen LogP contribution in [-0.2, 0) is 9.59 Å². The van der Waals surface area contributed by atoms with Gasteiger partial charge in [0.15, 0.2) is 0 Å². The zero-order valence-corrected chi connectivity index (χ0v) is 9.37. The van der Waals surface area contributed by atoms with Crippen molar-refractivity contribution in [2.24, 2.45) is 0 Å². The Hall–Kier alpha value is -2.37. The number of amides is 2. The summed E-state index contributed by atoms with van der Waals surface area (Å²) < 4.78 is 0. The molecule has 1 atom stereocenters. The van der Waals surface area contributed by atoms with Gasteiger partial charge in [0.25, 0.3) is 5.91 Å². The molecule has 1 N–H and O–H groups in total. The van der Waals surface area contributed by atoms with Gasteiger partial charge < -0.3 is 14.9 Å². The van der Waals surface area contributed by atoms with E-state index in [2.05, 4.69) is 0 Å². The van der Waals surface area contributed by atoms with Gasteiger partial charge >= 0.3 is 5.97 Å². The van der Waals surface area contributed by atoms with Crippen LogP contribution in [0.25, 0.3) is 0 Å². The Kier molecular flexibility index (Phi) is 2.13. The van der Waals surface area contributed by atoms with Crippen molar-refractivity contribution in [2.75, 3.05) is 13.1 Å². The summed E-state index contributed by atoms with van der Waals surface area (Å²) >= 11 is 0. The molecule has 1 saturated heterocycles. The first kappa shape index (κ1) is 10.8. The number of aliphatic carboxylic acids is 1. The number of rotatable bonds is 2. The Morgan fingerprint density at radius 3 is 2.78 bits per heavy atom. The van der Waals surface area contributed by atoms with E-state index in [9.17, 15) is 14.4 Å². The van der Waals surface area contributed by atoms with Crippen molar-refractivity contribution in [1.29, 1.82) is 0 Å². The molecular weight excluding hydrogens is 236 g/mol. The molecule has 0 unspecified atom stereocenters. The molecule has 18 heavy (non-hydrogen) atoms. The lowest BCUT2D eigenvalue weighted by molar-refractivity contribution is -0.143. The molecule has 1 aromatic carbocycles. The fourth-order valence-corrected chi connectivity index (χ4v) is 2.54. The topological polar surface area (TPSA) is 77.9 Å². The number of carbonyl (C=O) groups excluding carboxylic acids is 2. The lowest BCUT2D eigenvalue weighted by Crippen LogP contribution is -2.34. The second-order valence-electron chi connectivity index (χ2n) is 4.31. The molecule has 92 valence electrons. The number of benzene rings is 1. The predicted molar refractivity (Wildman–Crippen MR) is 59.6 cm³/mol. The van der Waals surface area contributed by atoms with Crippen molar-refractivity contribution in [2.45, 2.75) is 6.17 Å². The maximum absolute atomic E-state index is 12.1. The minimum absolute atomic E-state index is 0.0501. The van der Waals surface area contributed by atoms with E-state index in [-0.39, 0.29) is 24.9 Å². The van der Waals surface area contributed by atoms with Gasteiger partial charge in [-0.15, -0.1) is 0 Å². The normalized spacial score (nSPS) is 21.2. The van der Waals surface area contributed by atoms with Crippen molar-refractivity contribution in [3.05, 3.63) is 35.4 Å². The van der Waals surface area contributed by atoms with E-state index in [0.717, 1.165) is 0 Å². The second-order valence-corrected chi connectivity index (χ2v) is 4.31. The molecular formula is C12H10N2O4. The highest BCUT2D eigenvalue weighted by Crippen LogP contribution is 2.39. The van der Waals surface area contributed by atoms with Gasteiger partial charge in [0.1, 0.15) is 19.3 Å². The van der Waals surface area contributed by atoms with E-state index in [1.165, 1.54) is 9.80 Å². The van der Waals surface area contributed by atoms with E-state index >= 15 is 0 Å². The van der Waals surface area contributed by atoms with Gasteiger partial charge in [-0.1, -0.05) is 18.2 Å². The molecule has 0 radical (unpaired) electrons. The molecule has 2 aliphatic heterocycles. The second kappa shape index (κ2) is 3.56. The largest absolute Gasteiger partial charge is 0.480 e. The summed E-state index contributed by atoms with van der Waals surface area (Å²) in [5.41, 5.74) is 1.25. The Bertz CT molecular complexity index is 569. The predicted octanol–water partition coefficient (Wildman–Crippen LogP) is 0.0678. The zero-order valence-electron chi connectivity index (χ0n) is 9.37. The summed E-state index contributed by atoms with van der Waals surface area (Å²) in [7, 11) is 0. The SMILES string of the molecule is O=C(O)CN1C(=O)CN2C(=O)c3ccccc3[C@@H]12. The number of carbonyl (C=O) groups is 3. The average Bonchev–Trinajstić information content (AvgIpc) is 2.78. The summed E-state index contributed by atoms with van der Waals surface area (Å²) in [6.07, 6.45) is -0.558. The Morgan fingerprint density at radius 2 is 2.06 bits per heavy atom. The van der Waals surface area contributed by atoms with Crippen molar-refractivity contribution in [3.8, 4) is 0 Å². The molecule has 1 fully saturated rings. The molecule has 6 heteroatoms. The van der Waals surface area contributed by atoms with E-state index in [0.29, 0.717) is 11.1 Å². The molecule has 2 aliphatic rings. The number of carboxylic acid groups (broad SMARTS) is 1. The first-order valence-electron chi connectivity index (χ1n) is 5.51. The van der Waals surface area contributed by atoms with Crippen LogP contribution in [0.4, 0.5) is 0 Å². The summed E-state index contributed by atoms with van der Waals surface area (Å²) in [4.78, 5) is 37.2. The van der Waals surface area contributed by atoms with Crippen LogP contribution in [0, 0.1) is 0 Å². The lowest BCUT2D eigenvalue weighted by atomic mass is 10.1.